The fourth-order valence-corrected chi connectivity index (χ4v) is 4.85. The van der Waals surface area contributed by atoms with E-state index in [0.717, 1.165) is 19.0 Å². The minimum absolute atomic E-state index is 0.380. The number of rotatable bonds is 5. The van der Waals surface area contributed by atoms with Crippen LogP contribution in [0.15, 0.2) is 4.99 Å². The van der Waals surface area contributed by atoms with Crippen molar-refractivity contribution in [2.45, 2.75) is 69.7 Å². The summed E-state index contributed by atoms with van der Waals surface area (Å²) < 4.78 is 0.380. The minimum Gasteiger partial charge on any atom is -0.355 e. The Morgan fingerprint density at radius 1 is 1.36 bits per heavy atom. The summed E-state index contributed by atoms with van der Waals surface area (Å²) >= 11 is 2.09. The molecular formula is C17H34N4S. The van der Waals surface area contributed by atoms with Crippen molar-refractivity contribution in [1.82, 2.24) is 15.5 Å². The lowest BCUT2D eigenvalue weighted by molar-refractivity contribution is 0.115. The van der Waals surface area contributed by atoms with Crippen molar-refractivity contribution in [1.29, 1.82) is 0 Å². The van der Waals surface area contributed by atoms with E-state index < -0.39 is 0 Å². The predicted molar refractivity (Wildman–Crippen MR) is 98.9 cm³/mol. The highest BCUT2D eigenvalue weighted by Gasteiger charge is 2.29. The number of likely N-dealkylation sites (tertiary alicyclic amines) is 1. The van der Waals surface area contributed by atoms with Gasteiger partial charge in [0.05, 0.1) is 0 Å². The molecule has 128 valence electrons. The molecule has 2 fully saturated rings. The van der Waals surface area contributed by atoms with Crippen LogP contribution in [0.2, 0.25) is 0 Å². The number of hydrogen-bond donors (Lipinski definition) is 2. The van der Waals surface area contributed by atoms with E-state index in [9.17, 15) is 0 Å². The van der Waals surface area contributed by atoms with Crippen LogP contribution >= 0.6 is 11.8 Å². The maximum atomic E-state index is 4.38. The van der Waals surface area contributed by atoms with Gasteiger partial charge < -0.3 is 10.6 Å². The van der Waals surface area contributed by atoms with Gasteiger partial charge in [-0.2, -0.15) is 11.8 Å². The summed E-state index contributed by atoms with van der Waals surface area (Å²) in [6.07, 6.45) is 6.73. The van der Waals surface area contributed by atoms with Crippen molar-refractivity contribution in [2.24, 2.45) is 4.99 Å². The maximum Gasteiger partial charge on any atom is 0.191 e. The number of guanidine groups is 1. The van der Waals surface area contributed by atoms with Gasteiger partial charge in [0.1, 0.15) is 0 Å². The molecule has 0 amide bonds. The molecule has 0 aromatic heterocycles. The van der Waals surface area contributed by atoms with Crippen molar-refractivity contribution < 1.29 is 0 Å². The Kier molecular flexibility index (Phi) is 6.87. The van der Waals surface area contributed by atoms with Gasteiger partial charge in [-0.25, -0.2) is 0 Å². The Labute approximate surface area is 140 Å². The van der Waals surface area contributed by atoms with Gasteiger partial charge in [0.15, 0.2) is 5.96 Å². The predicted octanol–water partition coefficient (Wildman–Crippen LogP) is 2.70. The smallest absolute Gasteiger partial charge is 0.191 e. The molecular weight excluding hydrogens is 292 g/mol. The highest BCUT2D eigenvalue weighted by atomic mass is 32.2. The SMILES string of the molecule is CN=C(NCC(C)N1CCCCC1C)NCC1(C)CCCS1. The Morgan fingerprint density at radius 3 is 2.82 bits per heavy atom. The second kappa shape index (κ2) is 8.44. The first-order chi connectivity index (χ1) is 10.5. The third kappa shape index (κ3) is 5.05. The van der Waals surface area contributed by atoms with Crippen LogP contribution in [0.1, 0.15) is 52.9 Å². The van der Waals surface area contributed by atoms with Crippen LogP contribution in [-0.2, 0) is 0 Å². The molecule has 0 aromatic carbocycles. The molecule has 0 saturated carbocycles. The molecule has 0 radical (unpaired) electrons. The zero-order valence-corrected chi connectivity index (χ0v) is 15.6. The van der Waals surface area contributed by atoms with E-state index in [1.54, 1.807) is 0 Å². The van der Waals surface area contributed by atoms with E-state index in [-0.39, 0.29) is 0 Å². The van der Waals surface area contributed by atoms with Crippen LogP contribution in [0, 0.1) is 0 Å². The lowest BCUT2D eigenvalue weighted by Crippen LogP contribution is -2.51. The third-order valence-electron chi connectivity index (χ3n) is 5.14. The van der Waals surface area contributed by atoms with Gasteiger partial charge in [-0.15, -0.1) is 0 Å². The summed E-state index contributed by atoms with van der Waals surface area (Å²) in [5, 5.41) is 7.04. The number of aliphatic imine (C=N–C) groups is 1. The number of hydrogen-bond acceptors (Lipinski definition) is 3. The van der Waals surface area contributed by atoms with Gasteiger partial charge >= 0.3 is 0 Å². The number of nitrogens with one attached hydrogen (secondary N) is 2. The molecule has 5 heteroatoms. The maximum absolute atomic E-state index is 4.38. The van der Waals surface area contributed by atoms with Crippen LogP contribution in [0.5, 0.6) is 0 Å². The van der Waals surface area contributed by atoms with Crippen LogP contribution in [-0.4, -0.2) is 60.1 Å². The fourth-order valence-electron chi connectivity index (χ4n) is 3.60. The summed E-state index contributed by atoms with van der Waals surface area (Å²) in [5.74, 6) is 2.25. The molecule has 0 bridgehead atoms. The van der Waals surface area contributed by atoms with Crippen molar-refractivity contribution >= 4 is 17.7 Å². The molecule has 0 spiro atoms. The topological polar surface area (TPSA) is 39.7 Å². The zero-order valence-electron chi connectivity index (χ0n) is 14.8. The lowest BCUT2D eigenvalue weighted by atomic mass is 10.0. The van der Waals surface area contributed by atoms with Gasteiger partial charge in [0, 0.05) is 37.0 Å². The summed E-state index contributed by atoms with van der Waals surface area (Å²) in [7, 11) is 1.87. The average Bonchev–Trinajstić information content (AvgIpc) is 2.94. The van der Waals surface area contributed by atoms with Gasteiger partial charge in [-0.3, -0.25) is 9.89 Å². The summed E-state index contributed by atoms with van der Waals surface area (Å²) in [4.78, 5) is 7.02. The number of thioether (sulfide) groups is 1. The molecule has 2 aliphatic rings. The molecule has 0 aromatic rings. The summed E-state index contributed by atoms with van der Waals surface area (Å²) in [6.45, 7) is 10.3. The zero-order chi connectivity index (χ0) is 16.0. The second-order valence-electron chi connectivity index (χ2n) is 7.14. The number of piperidine rings is 1. The summed E-state index contributed by atoms with van der Waals surface area (Å²) in [6, 6.07) is 1.28. The quantitative estimate of drug-likeness (QED) is 0.602. The molecule has 2 aliphatic heterocycles. The number of nitrogens with zero attached hydrogens (tertiary/aromatic N) is 2. The molecule has 2 rings (SSSR count). The van der Waals surface area contributed by atoms with Crippen LogP contribution in [0.4, 0.5) is 0 Å². The van der Waals surface area contributed by atoms with Crippen LogP contribution in [0.3, 0.4) is 0 Å². The molecule has 22 heavy (non-hydrogen) atoms. The fraction of sp³-hybridized carbons (Fsp3) is 0.941. The molecule has 2 N–H and O–H groups in total. The van der Waals surface area contributed by atoms with Crippen LogP contribution in [0.25, 0.3) is 0 Å². The lowest BCUT2D eigenvalue weighted by Gasteiger charge is -2.38. The normalized spacial score (nSPS) is 32.0. The first-order valence-electron chi connectivity index (χ1n) is 8.88. The largest absolute Gasteiger partial charge is 0.355 e. The first-order valence-corrected chi connectivity index (χ1v) is 9.87. The van der Waals surface area contributed by atoms with E-state index in [2.05, 4.69) is 53.1 Å². The van der Waals surface area contributed by atoms with Crippen molar-refractivity contribution in [3.63, 3.8) is 0 Å². The van der Waals surface area contributed by atoms with Gasteiger partial charge in [0.2, 0.25) is 0 Å². The molecule has 3 atom stereocenters. The van der Waals surface area contributed by atoms with Gasteiger partial charge in [-0.1, -0.05) is 6.42 Å². The Balaban J connectivity index is 1.73. The van der Waals surface area contributed by atoms with E-state index in [0.29, 0.717) is 16.8 Å². The Morgan fingerprint density at radius 2 is 2.18 bits per heavy atom. The second-order valence-corrected chi connectivity index (χ2v) is 8.82. The van der Waals surface area contributed by atoms with Crippen molar-refractivity contribution in [3.8, 4) is 0 Å². The average molecular weight is 327 g/mol. The first kappa shape index (κ1) is 17.9. The third-order valence-corrected chi connectivity index (χ3v) is 6.68. The minimum atomic E-state index is 0.380. The molecule has 0 aliphatic carbocycles. The van der Waals surface area contributed by atoms with E-state index in [1.807, 2.05) is 7.05 Å². The van der Waals surface area contributed by atoms with Gasteiger partial charge in [0.25, 0.3) is 0 Å². The highest BCUT2D eigenvalue weighted by Crippen LogP contribution is 2.36. The highest BCUT2D eigenvalue weighted by molar-refractivity contribution is 8.00. The van der Waals surface area contributed by atoms with Crippen LogP contribution < -0.4 is 10.6 Å². The Bertz CT molecular complexity index is 366. The van der Waals surface area contributed by atoms with Crippen molar-refractivity contribution in [3.05, 3.63) is 0 Å². The summed E-state index contributed by atoms with van der Waals surface area (Å²) in [5.41, 5.74) is 0. The standard InChI is InChI=1S/C17H34N4S/c1-14-8-5-6-10-21(14)15(2)12-19-16(18-4)20-13-17(3)9-7-11-22-17/h14-15H,5-13H2,1-4H3,(H2,18,19,20). The molecule has 3 unspecified atom stereocenters. The van der Waals surface area contributed by atoms with E-state index in [4.69, 9.17) is 0 Å². The molecule has 2 saturated heterocycles. The van der Waals surface area contributed by atoms with Gasteiger partial charge in [-0.05, 0) is 58.8 Å². The molecule has 2 heterocycles. The monoisotopic (exact) mass is 326 g/mol. The Hall–Kier alpha value is -0.420. The van der Waals surface area contributed by atoms with E-state index in [1.165, 1.54) is 44.4 Å². The molecule has 4 nitrogen and oxygen atoms in total. The van der Waals surface area contributed by atoms with Crippen molar-refractivity contribution in [2.75, 3.05) is 32.4 Å². The van der Waals surface area contributed by atoms with E-state index >= 15 is 0 Å².